The number of carboxylic acid groups (broad SMARTS) is 1. The summed E-state index contributed by atoms with van der Waals surface area (Å²) in [6.07, 6.45) is 0. The topological polar surface area (TPSA) is 166 Å². The van der Waals surface area contributed by atoms with Gasteiger partial charge in [0.1, 0.15) is 0 Å². The van der Waals surface area contributed by atoms with Crippen LogP contribution in [-0.2, 0) is 13.1 Å². The predicted molar refractivity (Wildman–Crippen MR) is 229 cm³/mol. The third-order valence-electron chi connectivity index (χ3n) is 8.59. The van der Waals surface area contributed by atoms with Crippen molar-refractivity contribution in [3.05, 3.63) is 117 Å². The number of carboxylic acids is 1. The van der Waals surface area contributed by atoms with Crippen LogP contribution in [0.1, 0.15) is 39.3 Å². The number of nitrogens with zero attached hydrogens (tertiary/aromatic N) is 6. The molecule has 4 aromatic carbocycles. The molecule has 13 nitrogen and oxygen atoms in total. The molecule has 0 saturated heterocycles. The van der Waals surface area contributed by atoms with E-state index in [4.69, 9.17) is 28.9 Å². The van der Waals surface area contributed by atoms with Gasteiger partial charge in [-0.15, -0.1) is 0 Å². The summed E-state index contributed by atoms with van der Waals surface area (Å²) in [5.74, 6) is 0.407. The van der Waals surface area contributed by atoms with Crippen molar-refractivity contribution < 1.29 is 33.6 Å². The second-order valence-electron chi connectivity index (χ2n) is 13.5. The molecule has 5 N–H and O–H groups in total. The van der Waals surface area contributed by atoms with E-state index in [-0.39, 0.29) is 37.8 Å². The van der Waals surface area contributed by atoms with Crippen LogP contribution in [0.5, 0.6) is 0 Å². The van der Waals surface area contributed by atoms with E-state index in [1.807, 2.05) is 114 Å². The molecule has 0 spiro atoms. The van der Waals surface area contributed by atoms with Gasteiger partial charge in [0.25, 0.3) is 5.91 Å². The van der Waals surface area contributed by atoms with Crippen LogP contribution >= 0.6 is 23.2 Å². The molecule has 0 bridgehead atoms. The molecule has 0 unspecified atom stereocenters. The average Bonchev–Trinajstić information content (AvgIpc) is 3.80. The summed E-state index contributed by atoms with van der Waals surface area (Å²) in [6.45, 7) is 4.61. The van der Waals surface area contributed by atoms with Gasteiger partial charge in [-0.3, -0.25) is 15.0 Å². The molecule has 0 radical (unpaired) electrons. The van der Waals surface area contributed by atoms with Crippen LogP contribution in [0, 0.1) is 0 Å². The molecule has 0 aliphatic rings. The van der Waals surface area contributed by atoms with E-state index in [0.717, 1.165) is 70.3 Å². The molecule has 2 heterocycles. The normalized spacial score (nSPS) is 10.5. The molecule has 0 aliphatic carbocycles. The van der Waals surface area contributed by atoms with Crippen LogP contribution in [-0.4, -0.2) is 111 Å². The number of carbonyl (C=O) groups excluding carboxylic acids is 2. The molecular formula is C41H53Cl2LiN10O3. The van der Waals surface area contributed by atoms with Crippen LogP contribution in [0.15, 0.2) is 84.9 Å². The Balaban J connectivity index is 0.000000325. The standard InChI is InChI=1S/C20H24ClN5O.C13H18N4O2.C7H8ClN.CH4.Li/c1-25(2)10-11-26(3)19-17-9-6-15(12-18(17)23-24-19)20(27)22-13-14-4-7-16(21)8-5-14;1-16(2)6-7-17(3)12-10-5-4-9(13(18)19)8-11(10)14-15-12;8-7-3-1-6(5-9)2-4-7;;/h4-9,12H,10-11,13H2,1-3H3,(H,22,27)(H,23,24);4-5,8H,6-7H2,1-3H3,(H,14,15)(H,18,19);1-4H,5,9H2;1H4;/q;;;;+1/p-1. The van der Waals surface area contributed by atoms with E-state index in [2.05, 4.69) is 40.4 Å². The van der Waals surface area contributed by atoms with Crippen molar-refractivity contribution in [3.63, 3.8) is 0 Å². The van der Waals surface area contributed by atoms with Crippen LogP contribution in [0.4, 0.5) is 11.6 Å². The number of rotatable bonds is 13. The maximum atomic E-state index is 12.5. The van der Waals surface area contributed by atoms with Crippen molar-refractivity contribution in [2.75, 3.05) is 78.3 Å². The number of aromatic carboxylic acids is 1. The van der Waals surface area contributed by atoms with Crippen molar-refractivity contribution in [2.24, 2.45) is 5.73 Å². The molecule has 0 fully saturated rings. The maximum absolute atomic E-state index is 12.5. The fourth-order valence-electron chi connectivity index (χ4n) is 5.28. The summed E-state index contributed by atoms with van der Waals surface area (Å²) >= 11 is 11.5. The monoisotopic (exact) mass is 810 g/mol. The Hall–Kier alpha value is -4.58. The molecular weight excluding hydrogens is 758 g/mol. The minimum Gasteiger partial charge on any atom is -0.545 e. The number of anilines is 2. The largest absolute Gasteiger partial charge is 1.00 e. The zero-order valence-corrected chi connectivity index (χ0v) is 34.6. The van der Waals surface area contributed by atoms with Crippen molar-refractivity contribution in [2.45, 2.75) is 20.5 Å². The smallest absolute Gasteiger partial charge is 0.545 e. The van der Waals surface area contributed by atoms with Crippen LogP contribution in [0.3, 0.4) is 0 Å². The number of hydrogen-bond acceptors (Lipinski definition) is 10. The van der Waals surface area contributed by atoms with Crippen LogP contribution in [0.2, 0.25) is 10.0 Å². The quantitative estimate of drug-likeness (QED) is 0.128. The molecule has 2 aromatic heterocycles. The van der Waals surface area contributed by atoms with E-state index in [0.29, 0.717) is 29.2 Å². The van der Waals surface area contributed by atoms with Crippen molar-refractivity contribution in [1.29, 1.82) is 0 Å². The van der Waals surface area contributed by atoms with Gasteiger partial charge >= 0.3 is 18.9 Å². The van der Waals surface area contributed by atoms with Crippen molar-refractivity contribution >= 4 is 68.5 Å². The zero-order chi connectivity index (χ0) is 40.1. The Kier molecular flexibility index (Phi) is 20.1. The molecule has 0 saturated carbocycles. The molecule has 6 rings (SSSR count). The first-order valence-corrected chi connectivity index (χ1v) is 18.4. The number of amides is 1. The van der Waals surface area contributed by atoms with Gasteiger partial charge in [-0.1, -0.05) is 61.0 Å². The number of halogens is 2. The number of carbonyl (C=O) groups is 2. The fraction of sp³-hybridized carbons (Fsp3) is 0.317. The number of hydrogen-bond donors (Lipinski definition) is 4. The summed E-state index contributed by atoms with van der Waals surface area (Å²) < 4.78 is 0. The van der Waals surface area contributed by atoms with E-state index in [1.165, 1.54) is 6.07 Å². The number of fused-ring (bicyclic) bond motifs is 2. The van der Waals surface area contributed by atoms with Crippen molar-refractivity contribution in [3.8, 4) is 0 Å². The zero-order valence-electron chi connectivity index (χ0n) is 33.1. The van der Waals surface area contributed by atoms with Crippen LogP contribution < -0.4 is 44.8 Å². The minimum absolute atomic E-state index is 0. The molecule has 1 amide bonds. The summed E-state index contributed by atoms with van der Waals surface area (Å²) in [5.41, 5.74) is 9.77. The number of nitrogens with one attached hydrogen (secondary N) is 3. The first kappa shape index (κ1) is 48.6. The Morgan fingerprint density at radius 3 is 1.51 bits per heavy atom. The summed E-state index contributed by atoms with van der Waals surface area (Å²) in [5, 5.41) is 31.6. The second-order valence-corrected chi connectivity index (χ2v) is 14.4. The minimum atomic E-state index is -1.18. The third-order valence-corrected chi connectivity index (χ3v) is 9.09. The van der Waals surface area contributed by atoms with E-state index in [1.54, 1.807) is 12.1 Å². The Morgan fingerprint density at radius 2 is 1.09 bits per heavy atom. The molecule has 16 heteroatoms. The summed E-state index contributed by atoms with van der Waals surface area (Å²) in [4.78, 5) is 31.6. The SMILES string of the molecule is C.CN(C)CCN(C)c1n[nH]c2cc(C(=O)NCc3ccc(Cl)cc3)ccc12.CN(C)CCN(C)c1n[nH]c2cc(C(=O)[O-])ccc12.NCc1ccc(Cl)cc1.[Li+]. The molecule has 0 aliphatic heterocycles. The number of H-pyrrole nitrogens is 2. The molecule has 300 valence electrons. The average molecular weight is 812 g/mol. The van der Waals surface area contributed by atoms with E-state index < -0.39 is 5.97 Å². The van der Waals surface area contributed by atoms with Gasteiger partial charge in [-0.25, -0.2) is 0 Å². The van der Waals surface area contributed by atoms with Crippen LogP contribution in [0.25, 0.3) is 21.8 Å². The molecule has 6 aromatic rings. The second kappa shape index (κ2) is 23.6. The van der Waals surface area contributed by atoms with E-state index in [9.17, 15) is 14.7 Å². The Bertz CT molecular complexity index is 2140. The predicted octanol–water partition coefficient (Wildman–Crippen LogP) is 2.51. The summed E-state index contributed by atoms with van der Waals surface area (Å²) in [7, 11) is 12.1. The van der Waals surface area contributed by atoms with Gasteiger partial charge < -0.3 is 40.6 Å². The molecule has 57 heavy (non-hydrogen) atoms. The number of benzene rings is 4. The number of likely N-dealkylation sites (N-methyl/N-ethyl adjacent to an activating group) is 4. The Labute approximate surface area is 357 Å². The van der Waals surface area contributed by atoms with Gasteiger partial charge in [-0.05, 0) is 99.5 Å². The Morgan fingerprint density at radius 1 is 0.667 bits per heavy atom. The maximum Gasteiger partial charge on any atom is 1.00 e. The third kappa shape index (κ3) is 14.7. The first-order chi connectivity index (χ1) is 26.2. The van der Waals surface area contributed by atoms with Gasteiger partial charge in [0.2, 0.25) is 0 Å². The number of aromatic amines is 2. The number of aromatic nitrogens is 4. The van der Waals surface area contributed by atoms with Gasteiger partial charge in [-0.2, -0.15) is 10.2 Å². The molecule has 0 atom stereocenters. The van der Waals surface area contributed by atoms with Crippen molar-refractivity contribution in [1.82, 2.24) is 35.5 Å². The van der Waals surface area contributed by atoms with Gasteiger partial charge in [0.05, 0.1) is 17.0 Å². The first-order valence-electron chi connectivity index (χ1n) is 17.6. The summed E-state index contributed by atoms with van der Waals surface area (Å²) in [6, 6.07) is 25.4. The van der Waals surface area contributed by atoms with Gasteiger partial charge in [0.15, 0.2) is 11.6 Å². The fourth-order valence-corrected chi connectivity index (χ4v) is 5.53. The van der Waals surface area contributed by atoms with E-state index >= 15 is 0 Å². The number of nitrogens with two attached hydrogens (primary N) is 1. The van der Waals surface area contributed by atoms with Gasteiger partial charge in [0, 0.05) is 79.7 Å².